The van der Waals surface area contributed by atoms with E-state index in [0.717, 1.165) is 12.4 Å². The Morgan fingerprint density at radius 2 is 2.07 bits per heavy atom. The maximum absolute atomic E-state index is 11.8. The van der Waals surface area contributed by atoms with Crippen LogP contribution in [0.15, 0.2) is 12.4 Å². The molecule has 1 rings (SSSR count). The third-order valence-electron chi connectivity index (χ3n) is 1.39. The fourth-order valence-corrected chi connectivity index (χ4v) is 0.965. The highest BCUT2D eigenvalue weighted by molar-refractivity contribution is 6.68. The molecule has 1 heterocycles. The van der Waals surface area contributed by atoms with Gasteiger partial charge in [0.25, 0.3) is 5.24 Å². The monoisotopic (exact) mass is 240 g/mol. The van der Waals surface area contributed by atoms with Crippen LogP contribution in [-0.4, -0.2) is 16.6 Å². The van der Waals surface area contributed by atoms with E-state index in [1.807, 2.05) is 0 Å². The van der Waals surface area contributed by atoms with Crippen molar-refractivity contribution in [1.29, 1.82) is 0 Å². The van der Waals surface area contributed by atoms with Crippen molar-refractivity contribution in [3.05, 3.63) is 18.0 Å². The fraction of sp³-hybridized carbons (Fsp3) is 0.143. The lowest BCUT2D eigenvalue weighted by Gasteiger charge is -2.11. The first-order valence-electron chi connectivity index (χ1n) is 3.50. The number of pyridine rings is 1. The molecule has 8 heteroatoms. The maximum atomic E-state index is 11.8. The molecule has 0 aromatic carbocycles. The van der Waals surface area contributed by atoms with Crippen LogP contribution in [-0.2, 0) is 0 Å². The molecular weight excluding hydrogens is 237 g/mol. The molecule has 0 aliphatic carbocycles. The highest BCUT2D eigenvalue weighted by atomic mass is 35.5. The molecular formula is C7H4ClF3N2O2. The largest absolute Gasteiger partial charge is 0.573 e. The quantitative estimate of drug-likeness (QED) is 0.803. The Kier molecular flexibility index (Phi) is 3.04. The molecule has 0 radical (unpaired) electrons. The van der Waals surface area contributed by atoms with Crippen LogP contribution in [0.1, 0.15) is 10.4 Å². The summed E-state index contributed by atoms with van der Waals surface area (Å²) in [5.74, 6) is -0.756. The van der Waals surface area contributed by atoms with Crippen LogP contribution in [0.3, 0.4) is 0 Å². The summed E-state index contributed by atoms with van der Waals surface area (Å²) in [5, 5.41) is -1.01. The van der Waals surface area contributed by atoms with Gasteiger partial charge < -0.3 is 10.5 Å². The first-order chi connectivity index (χ1) is 6.81. The zero-order chi connectivity index (χ0) is 11.6. The molecule has 1 aromatic rings. The number of nitrogens with two attached hydrogens (primary N) is 1. The number of hydrogen-bond donors (Lipinski definition) is 1. The van der Waals surface area contributed by atoms with Gasteiger partial charge in [0.1, 0.15) is 0 Å². The molecule has 0 spiro atoms. The molecule has 0 fully saturated rings. The Bertz CT molecular complexity index is 394. The van der Waals surface area contributed by atoms with Gasteiger partial charge in [-0.2, -0.15) is 0 Å². The SMILES string of the molecule is Nc1c(OC(F)(F)F)cncc1C(=O)Cl. The van der Waals surface area contributed by atoms with Crippen LogP contribution < -0.4 is 10.5 Å². The van der Waals surface area contributed by atoms with Gasteiger partial charge in [-0.25, -0.2) is 0 Å². The third kappa shape index (κ3) is 2.98. The first kappa shape index (κ1) is 11.6. The average molecular weight is 241 g/mol. The zero-order valence-corrected chi connectivity index (χ0v) is 7.76. The normalized spacial score (nSPS) is 11.2. The van der Waals surface area contributed by atoms with Gasteiger partial charge in [0, 0.05) is 6.20 Å². The van der Waals surface area contributed by atoms with Gasteiger partial charge in [-0.05, 0) is 11.6 Å². The van der Waals surface area contributed by atoms with Crippen LogP contribution in [0.25, 0.3) is 0 Å². The average Bonchev–Trinajstić information content (AvgIpc) is 2.05. The molecule has 0 saturated carbocycles. The minimum Gasteiger partial charge on any atom is -0.402 e. The summed E-state index contributed by atoms with van der Waals surface area (Å²) in [6.45, 7) is 0. The molecule has 0 bridgehead atoms. The van der Waals surface area contributed by atoms with Gasteiger partial charge in [0.2, 0.25) is 0 Å². The summed E-state index contributed by atoms with van der Waals surface area (Å²) < 4.78 is 39.0. The number of rotatable bonds is 2. The van der Waals surface area contributed by atoms with Gasteiger partial charge in [-0.15, -0.1) is 13.2 Å². The summed E-state index contributed by atoms with van der Waals surface area (Å²) in [5.41, 5.74) is 4.39. The highest BCUT2D eigenvalue weighted by Crippen LogP contribution is 2.30. The molecule has 1 aromatic heterocycles. The van der Waals surface area contributed by atoms with Gasteiger partial charge >= 0.3 is 6.36 Å². The Hall–Kier alpha value is -1.50. The van der Waals surface area contributed by atoms with Crippen LogP contribution in [0.5, 0.6) is 5.75 Å². The summed E-state index contributed by atoms with van der Waals surface area (Å²) in [6, 6.07) is 0. The number of nitrogens with zero attached hydrogens (tertiary/aromatic N) is 1. The molecule has 0 aliphatic heterocycles. The number of carbonyl (C=O) groups is 1. The summed E-state index contributed by atoms with van der Waals surface area (Å²) in [7, 11) is 0. The lowest BCUT2D eigenvalue weighted by atomic mass is 10.2. The van der Waals surface area contributed by atoms with Crippen LogP contribution in [0.4, 0.5) is 18.9 Å². The van der Waals surface area contributed by atoms with E-state index in [0.29, 0.717) is 0 Å². The van der Waals surface area contributed by atoms with E-state index in [1.54, 1.807) is 0 Å². The second-order valence-corrected chi connectivity index (χ2v) is 2.76. The smallest absolute Gasteiger partial charge is 0.402 e. The van der Waals surface area contributed by atoms with E-state index >= 15 is 0 Å². The first-order valence-corrected chi connectivity index (χ1v) is 3.88. The van der Waals surface area contributed by atoms with E-state index in [2.05, 4.69) is 9.72 Å². The number of alkyl halides is 3. The van der Waals surface area contributed by atoms with Crippen molar-refractivity contribution in [2.24, 2.45) is 0 Å². The molecule has 0 saturated heterocycles. The number of aromatic nitrogens is 1. The van der Waals surface area contributed by atoms with Gasteiger partial charge in [-0.1, -0.05) is 0 Å². The molecule has 0 amide bonds. The Morgan fingerprint density at radius 3 is 2.53 bits per heavy atom. The molecule has 4 nitrogen and oxygen atoms in total. The number of anilines is 1. The summed E-state index contributed by atoms with van der Waals surface area (Å²) in [6.07, 6.45) is -3.20. The third-order valence-corrected chi connectivity index (χ3v) is 1.59. The predicted molar refractivity (Wildman–Crippen MR) is 45.5 cm³/mol. The Morgan fingerprint density at radius 1 is 1.47 bits per heavy atom. The molecule has 82 valence electrons. The standard InChI is InChI=1S/C7H4ClF3N2O2/c8-6(14)3-1-13-2-4(5(3)12)15-7(9,10)11/h1-2H,(H2,12,13). The number of halogens is 4. The van der Waals surface area contributed by atoms with E-state index in [9.17, 15) is 18.0 Å². The van der Waals surface area contributed by atoms with Crippen molar-refractivity contribution in [2.45, 2.75) is 6.36 Å². The van der Waals surface area contributed by atoms with Crippen molar-refractivity contribution in [3.63, 3.8) is 0 Å². The lowest BCUT2D eigenvalue weighted by Crippen LogP contribution is -2.18. The number of ether oxygens (including phenoxy) is 1. The maximum Gasteiger partial charge on any atom is 0.573 e. The second-order valence-electron chi connectivity index (χ2n) is 2.42. The summed E-state index contributed by atoms with van der Waals surface area (Å²) in [4.78, 5) is 14.0. The number of hydrogen-bond acceptors (Lipinski definition) is 4. The van der Waals surface area contributed by atoms with Crippen molar-refractivity contribution in [3.8, 4) is 5.75 Å². The molecule has 0 atom stereocenters. The number of carbonyl (C=O) groups excluding carboxylic acids is 1. The Labute approximate surface area is 86.8 Å². The minimum atomic E-state index is -4.90. The van der Waals surface area contributed by atoms with Crippen molar-refractivity contribution in [2.75, 3.05) is 5.73 Å². The van der Waals surface area contributed by atoms with Crippen LogP contribution in [0, 0.1) is 0 Å². The van der Waals surface area contributed by atoms with Crippen molar-refractivity contribution in [1.82, 2.24) is 4.98 Å². The fourth-order valence-electron chi connectivity index (χ4n) is 0.814. The summed E-state index contributed by atoms with van der Waals surface area (Å²) >= 11 is 5.06. The minimum absolute atomic E-state index is 0.335. The van der Waals surface area contributed by atoms with Crippen molar-refractivity contribution >= 4 is 22.5 Å². The van der Waals surface area contributed by atoms with Gasteiger partial charge in [-0.3, -0.25) is 9.78 Å². The predicted octanol–water partition coefficient (Wildman–Crippen LogP) is 1.94. The Balaban J connectivity index is 3.10. The van der Waals surface area contributed by atoms with Crippen LogP contribution >= 0.6 is 11.6 Å². The molecule has 15 heavy (non-hydrogen) atoms. The highest BCUT2D eigenvalue weighted by Gasteiger charge is 2.32. The molecule has 0 aliphatic rings. The zero-order valence-electron chi connectivity index (χ0n) is 7.01. The van der Waals surface area contributed by atoms with E-state index in [1.165, 1.54) is 0 Å². The van der Waals surface area contributed by atoms with E-state index in [4.69, 9.17) is 17.3 Å². The number of nitrogen functional groups attached to an aromatic ring is 1. The van der Waals surface area contributed by atoms with Gasteiger partial charge in [0.05, 0.1) is 17.4 Å². The van der Waals surface area contributed by atoms with E-state index in [-0.39, 0.29) is 5.56 Å². The molecule has 2 N–H and O–H groups in total. The van der Waals surface area contributed by atoms with E-state index < -0.39 is 23.0 Å². The van der Waals surface area contributed by atoms with Gasteiger partial charge in [0.15, 0.2) is 5.75 Å². The topological polar surface area (TPSA) is 65.2 Å². The van der Waals surface area contributed by atoms with Crippen LogP contribution in [0.2, 0.25) is 0 Å². The lowest BCUT2D eigenvalue weighted by molar-refractivity contribution is -0.274. The molecule has 0 unspecified atom stereocenters. The second kappa shape index (κ2) is 3.93. The van der Waals surface area contributed by atoms with Crippen molar-refractivity contribution < 1.29 is 22.7 Å².